The fourth-order valence-electron chi connectivity index (χ4n) is 3.68. The van der Waals surface area contributed by atoms with Crippen LogP contribution in [0.5, 0.6) is 11.5 Å². The van der Waals surface area contributed by atoms with Crippen molar-refractivity contribution < 1.29 is 24.5 Å². The molecule has 1 heterocycles. The number of ether oxygens (including phenoxy) is 1. The summed E-state index contributed by atoms with van der Waals surface area (Å²) in [5.41, 5.74) is 0.788. The number of methoxy groups -OCH3 is 1. The molecule has 1 aliphatic rings. The first-order valence-corrected chi connectivity index (χ1v) is 10.2. The minimum absolute atomic E-state index is 0.0406. The van der Waals surface area contributed by atoms with Gasteiger partial charge in [-0.15, -0.1) is 0 Å². The summed E-state index contributed by atoms with van der Waals surface area (Å²) < 4.78 is 5.32. The minimum Gasteiger partial charge on any atom is -0.508 e. The molecule has 0 aromatic heterocycles. The van der Waals surface area contributed by atoms with E-state index in [1.54, 1.807) is 24.3 Å². The van der Waals surface area contributed by atoms with E-state index in [0.29, 0.717) is 29.3 Å². The van der Waals surface area contributed by atoms with Crippen LogP contribution in [0.1, 0.15) is 23.6 Å². The van der Waals surface area contributed by atoms with Crippen LogP contribution >= 0.6 is 11.6 Å². The van der Waals surface area contributed by atoms with Crippen LogP contribution in [0.4, 0.5) is 0 Å². The maximum atomic E-state index is 13.0. The molecule has 1 saturated heterocycles. The van der Waals surface area contributed by atoms with E-state index in [9.17, 15) is 19.8 Å². The second-order valence-corrected chi connectivity index (χ2v) is 8.02. The molecule has 8 heteroatoms. The maximum Gasteiger partial charge on any atom is 0.295 e. The first-order chi connectivity index (χ1) is 14.7. The standard InChI is InChI=1S/C23H25ClN2O5/c1-25(2)11-4-12-26-20(14-5-8-16(27)9-6-14)19(22(29)23(26)30)21(28)17-13-15(24)7-10-18(17)31-3/h5-10,13,20,27-28H,4,11-12H2,1-3H3/b21-19+. The molecule has 1 fully saturated rings. The first-order valence-electron chi connectivity index (χ1n) is 9.80. The fourth-order valence-corrected chi connectivity index (χ4v) is 3.85. The topological polar surface area (TPSA) is 90.3 Å². The van der Waals surface area contributed by atoms with Crippen LogP contribution < -0.4 is 4.74 Å². The molecule has 0 saturated carbocycles. The summed E-state index contributed by atoms with van der Waals surface area (Å²) in [7, 11) is 5.30. The number of hydrogen-bond acceptors (Lipinski definition) is 6. The predicted octanol–water partition coefficient (Wildman–Crippen LogP) is 3.43. The molecular formula is C23H25ClN2O5. The molecular weight excluding hydrogens is 420 g/mol. The van der Waals surface area contributed by atoms with Gasteiger partial charge in [-0.25, -0.2) is 0 Å². The van der Waals surface area contributed by atoms with Crippen molar-refractivity contribution in [2.24, 2.45) is 0 Å². The summed E-state index contributed by atoms with van der Waals surface area (Å²) in [5, 5.41) is 21.2. The zero-order valence-electron chi connectivity index (χ0n) is 17.6. The van der Waals surface area contributed by atoms with Crippen LogP contribution in [0.15, 0.2) is 48.0 Å². The highest BCUT2D eigenvalue weighted by Crippen LogP contribution is 2.41. The zero-order chi connectivity index (χ0) is 22.7. The number of aromatic hydroxyl groups is 1. The van der Waals surface area contributed by atoms with Crippen molar-refractivity contribution in [2.75, 3.05) is 34.3 Å². The molecule has 2 N–H and O–H groups in total. The Bertz CT molecular complexity index is 1020. The number of Topliss-reactive ketones (excluding diaryl/α,β-unsaturated/α-hetero) is 1. The SMILES string of the molecule is COc1ccc(Cl)cc1/C(O)=C1\C(=O)C(=O)N(CCCN(C)C)C1c1ccc(O)cc1. The van der Waals surface area contributed by atoms with Gasteiger partial charge in [0.15, 0.2) is 0 Å². The second kappa shape index (κ2) is 9.41. The molecule has 1 unspecified atom stereocenters. The smallest absolute Gasteiger partial charge is 0.295 e. The Morgan fingerprint density at radius 3 is 2.45 bits per heavy atom. The molecule has 2 aromatic rings. The number of benzene rings is 2. The van der Waals surface area contributed by atoms with Crippen LogP contribution in [0, 0.1) is 0 Å². The number of hydrogen-bond donors (Lipinski definition) is 2. The van der Waals surface area contributed by atoms with Crippen LogP contribution in [0.25, 0.3) is 5.76 Å². The predicted molar refractivity (Wildman–Crippen MR) is 118 cm³/mol. The summed E-state index contributed by atoms with van der Waals surface area (Å²) in [5.74, 6) is -1.43. The third kappa shape index (κ3) is 4.68. The number of ketones is 1. The third-order valence-corrected chi connectivity index (χ3v) is 5.40. The van der Waals surface area contributed by atoms with Gasteiger partial charge >= 0.3 is 0 Å². The number of amides is 1. The van der Waals surface area contributed by atoms with Crippen molar-refractivity contribution in [3.05, 3.63) is 64.2 Å². The molecule has 3 rings (SSSR count). The number of halogens is 1. The van der Waals surface area contributed by atoms with Crippen molar-refractivity contribution in [1.29, 1.82) is 0 Å². The molecule has 1 atom stereocenters. The Morgan fingerprint density at radius 2 is 1.84 bits per heavy atom. The maximum absolute atomic E-state index is 13.0. The van der Waals surface area contributed by atoms with Crippen molar-refractivity contribution in [3.63, 3.8) is 0 Å². The van der Waals surface area contributed by atoms with Crippen LogP contribution in [0.2, 0.25) is 5.02 Å². The van der Waals surface area contributed by atoms with Crippen molar-refractivity contribution >= 4 is 29.1 Å². The van der Waals surface area contributed by atoms with Gasteiger partial charge in [0.25, 0.3) is 11.7 Å². The number of aliphatic hydroxyl groups excluding tert-OH is 1. The van der Waals surface area contributed by atoms with Gasteiger partial charge in [-0.1, -0.05) is 23.7 Å². The van der Waals surface area contributed by atoms with Gasteiger partial charge in [0.2, 0.25) is 0 Å². The number of phenols is 1. The Balaban J connectivity index is 2.15. The average Bonchev–Trinajstić information content (AvgIpc) is 2.98. The van der Waals surface area contributed by atoms with Crippen molar-refractivity contribution in [3.8, 4) is 11.5 Å². The molecule has 0 bridgehead atoms. The van der Waals surface area contributed by atoms with Crippen LogP contribution in [0.3, 0.4) is 0 Å². The molecule has 1 aliphatic heterocycles. The number of likely N-dealkylation sites (tertiary alicyclic amines) is 1. The number of rotatable bonds is 7. The minimum atomic E-state index is -0.800. The lowest BCUT2D eigenvalue weighted by Gasteiger charge is -2.26. The quantitative estimate of drug-likeness (QED) is 0.386. The molecule has 7 nitrogen and oxygen atoms in total. The third-order valence-electron chi connectivity index (χ3n) is 5.17. The van der Waals surface area contributed by atoms with Gasteiger partial charge in [0.05, 0.1) is 24.3 Å². The van der Waals surface area contributed by atoms with Gasteiger partial charge < -0.3 is 24.7 Å². The highest BCUT2D eigenvalue weighted by Gasteiger charge is 2.46. The summed E-state index contributed by atoms with van der Waals surface area (Å²) in [6.07, 6.45) is 0.648. The van der Waals surface area contributed by atoms with E-state index in [-0.39, 0.29) is 22.6 Å². The summed E-state index contributed by atoms with van der Waals surface area (Å²) in [4.78, 5) is 29.4. The Labute approximate surface area is 186 Å². The van der Waals surface area contributed by atoms with E-state index in [0.717, 1.165) is 6.54 Å². The molecule has 0 spiro atoms. The van der Waals surface area contributed by atoms with Gasteiger partial charge in [-0.2, -0.15) is 0 Å². The van der Waals surface area contributed by atoms with Gasteiger partial charge in [0.1, 0.15) is 17.3 Å². The number of aliphatic hydroxyl groups is 1. The number of carbonyl (C=O) groups is 2. The Morgan fingerprint density at radius 1 is 1.16 bits per heavy atom. The van der Waals surface area contributed by atoms with E-state index in [2.05, 4.69) is 0 Å². The fraction of sp³-hybridized carbons (Fsp3) is 0.304. The Kier molecular flexibility index (Phi) is 6.87. The highest BCUT2D eigenvalue weighted by atomic mass is 35.5. The number of phenolic OH excluding ortho intramolecular Hbond substituents is 1. The lowest BCUT2D eigenvalue weighted by molar-refractivity contribution is -0.139. The molecule has 164 valence electrons. The van der Waals surface area contributed by atoms with Crippen LogP contribution in [-0.2, 0) is 9.59 Å². The monoisotopic (exact) mass is 444 g/mol. The molecule has 31 heavy (non-hydrogen) atoms. The van der Waals surface area contributed by atoms with Gasteiger partial charge in [-0.05, 0) is 63.0 Å². The number of nitrogens with zero attached hydrogens (tertiary/aromatic N) is 2. The van der Waals surface area contributed by atoms with E-state index in [1.807, 2.05) is 19.0 Å². The van der Waals surface area contributed by atoms with E-state index in [1.165, 1.54) is 30.2 Å². The molecule has 0 aliphatic carbocycles. The zero-order valence-corrected chi connectivity index (χ0v) is 18.4. The second-order valence-electron chi connectivity index (χ2n) is 7.59. The lowest BCUT2D eigenvalue weighted by atomic mass is 9.95. The van der Waals surface area contributed by atoms with Gasteiger partial charge in [-0.3, -0.25) is 9.59 Å². The van der Waals surface area contributed by atoms with Crippen molar-refractivity contribution in [2.45, 2.75) is 12.5 Å². The van der Waals surface area contributed by atoms with E-state index < -0.39 is 17.7 Å². The van der Waals surface area contributed by atoms with Gasteiger partial charge in [0, 0.05) is 11.6 Å². The lowest BCUT2D eigenvalue weighted by Crippen LogP contribution is -2.32. The summed E-state index contributed by atoms with van der Waals surface area (Å²) in [6.45, 7) is 1.06. The molecule has 0 radical (unpaired) electrons. The van der Waals surface area contributed by atoms with E-state index >= 15 is 0 Å². The summed E-state index contributed by atoms with van der Waals surface area (Å²) in [6, 6.07) is 10.1. The van der Waals surface area contributed by atoms with Crippen LogP contribution in [-0.4, -0.2) is 66.0 Å². The molecule has 2 aromatic carbocycles. The number of carbonyl (C=O) groups excluding carboxylic acids is 2. The Hall–Kier alpha value is -3.03. The summed E-state index contributed by atoms with van der Waals surface area (Å²) >= 11 is 6.10. The van der Waals surface area contributed by atoms with Crippen molar-refractivity contribution in [1.82, 2.24) is 9.80 Å². The average molecular weight is 445 g/mol. The molecule has 1 amide bonds. The largest absolute Gasteiger partial charge is 0.508 e. The normalized spacial score (nSPS) is 18.1. The first kappa shape index (κ1) is 22.7. The highest BCUT2D eigenvalue weighted by molar-refractivity contribution is 6.46. The van der Waals surface area contributed by atoms with E-state index in [4.69, 9.17) is 16.3 Å².